The van der Waals surface area contributed by atoms with Crippen molar-refractivity contribution in [3.8, 4) is 0 Å². The molecule has 1 aliphatic rings. The molecular formula is C17H16FNO5. The lowest BCUT2D eigenvalue weighted by Crippen LogP contribution is -2.23. The molecule has 24 heavy (non-hydrogen) atoms. The van der Waals surface area contributed by atoms with Gasteiger partial charge in [0.2, 0.25) is 5.76 Å². The van der Waals surface area contributed by atoms with Crippen LogP contribution in [-0.2, 0) is 11.3 Å². The van der Waals surface area contributed by atoms with E-state index in [1.54, 1.807) is 18.2 Å². The average Bonchev–Trinajstić information content (AvgIpc) is 3.15. The number of benzene rings is 1. The number of aliphatic carboxylic acids is 1. The number of aromatic carboxylic acids is 1. The van der Waals surface area contributed by atoms with Gasteiger partial charge in [0.1, 0.15) is 11.6 Å². The molecule has 0 aliphatic carbocycles. The van der Waals surface area contributed by atoms with E-state index in [2.05, 4.69) is 0 Å². The number of likely N-dealkylation sites (tertiary alicyclic amines) is 1. The molecule has 2 atom stereocenters. The molecule has 3 rings (SSSR count). The van der Waals surface area contributed by atoms with Crippen LogP contribution in [0.1, 0.15) is 27.8 Å². The summed E-state index contributed by atoms with van der Waals surface area (Å²) < 4.78 is 18.7. The maximum Gasteiger partial charge on any atom is 0.371 e. The van der Waals surface area contributed by atoms with Crippen LogP contribution >= 0.6 is 0 Å². The molecule has 2 unspecified atom stereocenters. The molecule has 0 spiro atoms. The van der Waals surface area contributed by atoms with Crippen LogP contribution < -0.4 is 0 Å². The standard InChI is InChI=1S/C17H16FNO5/c18-11-3-1-2-10(6-11)13-8-19(9-14(13)16(20)21)7-12-4-5-15(24-12)17(22)23/h1-6,13-14H,7-9H2,(H,20,21)(H,22,23). The van der Waals surface area contributed by atoms with Crippen molar-refractivity contribution < 1.29 is 28.6 Å². The normalized spacial score (nSPS) is 21.0. The van der Waals surface area contributed by atoms with Gasteiger partial charge in [-0.3, -0.25) is 9.69 Å². The summed E-state index contributed by atoms with van der Waals surface area (Å²) in [6.07, 6.45) is 0. The summed E-state index contributed by atoms with van der Waals surface area (Å²) in [6.45, 7) is 1.03. The molecular weight excluding hydrogens is 317 g/mol. The number of hydrogen-bond donors (Lipinski definition) is 2. The topological polar surface area (TPSA) is 91.0 Å². The van der Waals surface area contributed by atoms with Crippen molar-refractivity contribution in [1.82, 2.24) is 4.90 Å². The maximum atomic E-state index is 13.4. The Kier molecular flexibility index (Phi) is 4.35. The van der Waals surface area contributed by atoms with Gasteiger partial charge in [-0.15, -0.1) is 0 Å². The summed E-state index contributed by atoms with van der Waals surface area (Å²) >= 11 is 0. The third-order valence-electron chi connectivity index (χ3n) is 4.24. The molecule has 1 aliphatic heterocycles. The van der Waals surface area contributed by atoms with E-state index in [0.717, 1.165) is 0 Å². The highest BCUT2D eigenvalue weighted by molar-refractivity contribution is 5.84. The molecule has 2 N–H and O–H groups in total. The van der Waals surface area contributed by atoms with Crippen molar-refractivity contribution >= 4 is 11.9 Å². The molecule has 0 saturated carbocycles. The van der Waals surface area contributed by atoms with Gasteiger partial charge < -0.3 is 14.6 Å². The van der Waals surface area contributed by atoms with Crippen molar-refractivity contribution in [3.63, 3.8) is 0 Å². The van der Waals surface area contributed by atoms with E-state index in [1.807, 2.05) is 4.90 Å². The molecule has 7 heteroatoms. The van der Waals surface area contributed by atoms with Crippen molar-refractivity contribution in [1.29, 1.82) is 0 Å². The van der Waals surface area contributed by atoms with Gasteiger partial charge in [0.15, 0.2) is 0 Å². The van der Waals surface area contributed by atoms with Crippen molar-refractivity contribution in [2.75, 3.05) is 13.1 Å². The summed E-state index contributed by atoms with van der Waals surface area (Å²) in [6, 6.07) is 8.91. The highest BCUT2D eigenvalue weighted by atomic mass is 19.1. The van der Waals surface area contributed by atoms with Gasteiger partial charge in [-0.25, -0.2) is 9.18 Å². The molecule has 1 saturated heterocycles. The molecule has 2 heterocycles. The molecule has 126 valence electrons. The first kappa shape index (κ1) is 16.2. The summed E-state index contributed by atoms with van der Waals surface area (Å²) in [4.78, 5) is 24.3. The summed E-state index contributed by atoms with van der Waals surface area (Å²) in [5.41, 5.74) is 0.649. The van der Waals surface area contributed by atoms with Crippen molar-refractivity contribution in [2.24, 2.45) is 5.92 Å². The van der Waals surface area contributed by atoms with Crippen LogP contribution in [0.15, 0.2) is 40.8 Å². The van der Waals surface area contributed by atoms with E-state index >= 15 is 0 Å². The van der Waals surface area contributed by atoms with Crippen LogP contribution in [-0.4, -0.2) is 40.1 Å². The van der Waals surface area contributed by atoms with Crippen LogP contribution in [0.4, 0.5) is 4.39 Å². The van der Waals surface area contributed by atoms with E-state index in [0.29, 0.717) is 31.0 Å². The molecule has 2 aromatic rings. The third-order valence-corrected chi connectivity index (χ3v) is 4.24. The second-order valence-electron chi connectivity index (χ2n) is 5.87. The second kappa shape index (κ2) is 6.45. The van der Waals surface area contributed by atoms with E-state index in [1.165, 1.54) is 18.2 Å². The Morgan fingerprint density at radius 2 is 2.00 bits per heavy atom. The molecule has 1 aromatic carbocycles. The fraction of sp³-hybridized carbons (Fsp3) is 0.294. The van der Waals surface area contributed by atoms with Gasteiger partial charge in [-0.05, 0) is 29.8 Å². The molecule has 6 nitrogen and oxygen atoms in total. The summed E-state index contributed by atoms with van der Waals surface area (Å²) in [7, 11) is 0. The number of carbonyl (C=O) groups is 2. The highest BCUT2D eigenvalue weighted by Gasteiger charge is 2.38. The predicted octanol–water partition coefficient (Wildman–Crippen LogP) is 2.42. The zero-order valence-electron chi connectivity index (χ0n) is 12.7. The SMILES string of the molecule is O=C(O)c1ccc(CN2CC(C(=O)O)C(c3cccc(F)c3)C2)o1. The van der Waals surface area contributed by atoms with Gasteiger partial charge >= 0.3 is 11.9 Å². The first-order valence-corrected chi connectivity index (χ1v) is 7.46. The van der Waals surface area contributed by atoms with Gasteiger partial charge in [-0.2, -0.15) is 0 Å². The Morgan fingerprint density at radius 1 is 1.21 bits per heavy atom. The number of rotatable bonds is 5. The van der Waals surface area contributed by atoms with E-state index in [4.69, 9.17) is 9.52 Å². The minimum atomic E-state index is -1.15. The number of halogens is 1. The van der Waals surface area contributed by atoms with E-state index < -0.39 is 23.7 Å². The molecule has 0 amide bonds. The Labute approximate surface area is 137 Å². The van der Waals surface area contributed by atoms with Crippen molar-refractivity contribution in [2.45, 2.75) is 12.5 Å². The van der Waals surface area contributed by atoms with Gasteiger partial charge in [0, 0.05) is 19.0 Å². The van der Waals surface area contributed by atoms with E-state index in [-0.39, 0.29) is 11.7 Å². The third kappa shape index (κ3) is 3.30. The lowest BCUT2D eigenvalue weighted by Gasteiger charge is -2.15. The van der Waals surface area contributed by atoms with Crippen LogP contribution in [0, 0.1) is 11.7 Å². The number of carboxylic acid groups (broad SMARTS) is 2. The lowest BCUT2D eigenvalue weighted by molar-refractivity contribution is -0.141. The summed E-state index contributed by atoms with van der Waals surface area (Å²) in [5, 5.41) is 18.3. The number of nitrogens with zero attached hydrogens (tertiary/aromatic N) is 1. The zero-order chi connectivity index (χ0) is 17.3. The predicted molar refractivity (Wildman–Crippen MR) is 81.2 cm³/mol. The number of carboxylic acids is 2. The van der Waals surface area contributed by atoms with Crippen LogP contribution in [0.5, 0.6) is 0 Å². The Bertz CT molecular complexity index is 772. The first-order chi connectivity index (χ1) is 11.4. The quantitative estimate of drug-likeness (QED) is 0.873. The first-order valence-electron chi connectivity index (χ1n) is 7.46. The number of hydrogen-bond acceptors (Lipinski definition) is 4. The Balaban J connectivity index is 1.77. The minimum absolute atomic E-state index is 0.152. The lowest BCUT2D eigenvalue weighted by atomic mass is 9.89. The molecule has 1 aromatic heterocycles. The molecule has 1 fully saturated rings. The zero-order valence-corrected chi connectivity index (χ0v) is 12.7. The largest absolute Gasteiger partial charge is 0.481 e. The number of furan rings is 1. The molecule has 0 radical (unpaired) electrons. The fourth-order valence-corrected chi connectivity index (χ4v) is 3.14. The van der Waals surface area contributed by atoms with Gasteiger partial charge in [0.05, 0.1) is 12.5 Å². The van der Waals surface area contributed by atoms with Crippen molar-refractivity contribution in [3.05, 3.63) is 59.3 Å². The van der Waals surface area contributed by atoms with Crippen LogP contribution in [0.2, 0.25) is 0 Å². The van der Waals surface area contributed by atoms with Gasteiger partial charge in [-0.1, -0.05) is 12.1 Å². The van der Waals surface area contributed by atoms with Crippen LogP contribution in [0.25, 0.3) is 0 Å². The van der Waals surface area contributed by atoms with Gasteiger partial charge in [0.25, 0.3) is 0 Å². The monoisotopic (exact) mass is 333 g/mol. The average molecular weight is 333 g/mol. The molecule has 0 bridgehead atoms. The maximum absolute atomic E-state index is 13.4. The fourth-order valence-electron chi connectivity index (χ4n) is 3.14. The smallest absolute Gasteiger partial charge is 0.371 e. The van der Waals surface area contributed by atoms with E-state index in [9.17, 15) is 19.1 Å². The summed E-state index contributed by atoms with van der Waals surface area (Å²) in [5.74, 6) is -3.15. The second-order valence-corrected chi connectivity index (χ2v) is 5.87. The van der Waals surface area contributed by atoms with Crippen LogP contribution in [0.3, 0.4) is 0 Å². The Hall–Kier alpha value is -2.67. The highest BCUT2D eigenvalue weighted by Crippen LogP contribution is 2.34. The Morgan fingerprint density at radius 3 is 2.62 bits per heavy atom. The minimum Gasteiger partial charge on any atom is -0.481 e.